The van der Waals surface area contributed by atoms with Crippen LogP contribution >= 0.6 is 0 Å². The number of rotatable bonds is 2. The Morgan fingerprint density at radius 2 is 2.21 bits per heavy atom. The van der Waals surface area contributed by atoms with E-state index in [2.05, 4.69) is 4.98 Å². The first-order valence-electron chi connectivity index (χ1n) is 6.82. The second-order valence-corrected chi connectivity index (χ2v) is 4.97. The summed E-state index contributed by atoms with van der Waals surface area (Å²) in [7, 11) is 0. The van der Waals surface area contributed by atoms with Crippen molar-refractivity contribution in [2.75, 3.05) is 31.2 Å². The first-order chi connectivity index (χ1) is 9.24. The molecule has 0 bridgehead atoms. The highest BCUT2D eigenvalue weighted by atomic mass is 16.7. The van der Waals surface area contributed by atoms with Crippen molar-refractivity contribution >= 4 is 5.82 Å². The number of nitrogens with zero attached hydrogens (tertiary/aromatic N) is 3. The van der Waals surface area contributed by atoms with Crippen molar-refractivity contribution < 1.29 is 9.47 Å². The van der Waals surface area contributed by atoms with Gasteiger partial charge in [-0.05, 0) is 13.3 Å². The smallest absolute Gasteiger partial charge is 0.293 e. The van der Waals surface area contributed by atoms with Crippen molar-refractivity contribution in [3.63, 3.8) is 0 Å². The van der Waals surface area contributed by atoms with Crippen molar-refractivity contribution in [2.45, 2.75) is 32.1 Å². The standard InChI is InChI=1S/C13H19N3O3/c1-2-15-7-5-14-11(12(15)17)16-6-3-4-13(10-16)18-8-9-19-13/h5,7H,2-4,6,8-10H2,1H3. The quantitative estimate of drug-likeness (QED) is 0.784. The Morgan fingerprint density at radius 3 is 2.95 bits per heavy atom. The highest BCUT2D eigenvalue weighted by Gasteiger charge is 2.41. The van der Waals surface area contributed by atoms with Gasteiger partial charge in [-0.25, -0.2) is 4.98 Å². The number of hydrogen-bond acceptors (Lipinski definition) is 5. The van der Waals surface area contributed by atoms with Crippen LogP contribution in [0.1, 0.15) is 19.8 Å². The maximum absolute atomic E-state index is 12.3. The average molecular weight is 265 g/mol. The van der Waals surface area contributed by atoms with Crippen molar-refractivity contribution in [2.24, 2.45) is 0 Å². The average Bonchev–Trinajstić information content (AvgIpc) is 2.87. The van der Waals surface area contributed by atoms with Crippen LogP contribution in [0.2, 0.25) is 0 Å². The van der Waals surface area contributed by atoms with E-state index < -0.39 is 5.79 Å². The van der Waals surface area contributed by atoms with Gasteiger partial charge in [-0.15, -0.1) is 0 Å². The molecule has 2 aliphatic rings. The molecule has 0 unspecified atom stereocenters. The lowest BCUT2D eigenvalue weighted by Gasteiger charge is -2.38. The summed E-state index contributed by atoms with van der Waals surface area (Å²) >= 11 is 0. The maximum atomic E-state index is 12.3. The fourth-order valence-corrected chi connectivity index (χ4v) is 2.80. The largest absolute Gasteiger partial charge is 0.347 e. The lowest BCUT2D eigenvalue weighted by atomic mass is 10.0. The molecule has 0 aliphatic carbocycles. The summed E-state index contributed by atoms with van der Waals surface area (Å²) in [5, 5.41) is 0. The summed E-state index contributed by atoms with van der Waals surface area (Å²) in [4.78, 5) is 18.5. The molecular weight excluding hydrogens is 246 g/mol. The molecule has 2 aliphatic heterocycles. The fraction of sp³-hybridized carbons (Fsp3) is 0.692. The third kappa shape index (κ3) is 2.26. The summed E-state index contributed by atoms with van der Waals surface area (Å²) in [5.74, 6) is -0.0262. The van der Waals surface area contributed by atoms with Crippen LogP contribution in [0.15, 0.2) is 17.2 Å². The van der Waals surface area contributed by atoms with Gasteiger partial charge in [-0.3, -0.25) is 4.79 Å². The number of aromatic nitrogens is 2. The number of aryl methyl sites for hydroxylation is 1. The van der Waals surface area contributed by atoms with Gasteiger partial charge in [-0.1, -0.05) is 0 Å². The van der Waals surface area contributed by atoms with Crippen LogP contribution in [0.3, 0.4) is 0 Å². The first kappa shape index (κ1) is 12.6. The van der Waals surface area contributed by atoms with Crippen LogP contribution in [0.4, 0.5) is 5.82 Å². The Hall–Kier alpha value is -1.40. The summed E-state index contributed by atoms with van der Waals surface area (Å²) in [5.41, 5.74) is -0.0416. The van der Waals surface area contributed by atoms with Gasteiger partial charge in [0.2, 0.25) is 0 Å². The molecule has 0 atom stereocenters. The molecule has 0 radical (unpaired) electrons. The zero-order valence-electron chi connectivity index (χ0n) is 11.2. The van der Waals surface area contributed by atoms with Crippen LogP contribution < -0.4 is 10.5 Å². The Balaban J connectivity index is 1.88. The molecule has 3 heterocycles. The second kappa shape index (κ2) is 4.94. The molecule has 3 rings (SSSR count). The Bertz CT molecular complexity index is 508. The second-order valence-electron chi connectivity index (χ2n) is 4.97. The molecule has 1 spiro atoms. The number of hydrogen-bond donors (Lipinski definition) is 0. The lowest BCUT2D eigenvalue weighted by molar-refractivity contribution is -0.161. The van der Waals surface area contributed by atoms with Crippen LogP contribution in [-0.4, -0.2) is 41.6 Å². The predicted molar refractivity (Wildman–Crippen MR) is 70.3 cm³/mol. The topological polar surface area (TPSA) is 56.6 Å². The van der Waals surface area contributed by atoms with Gasteiger partial charge in [0.05, 0.1) is 19.8 Å². The van der Waals surface area contributed by atoms with E-state index in [1.807, 2.05) is 11.8 Å². The molecule has 1 aromatic heterocycles. The van der Waals surface area contributed by atoms with E-state index in [9.17, 15) is 4.79 Å². The number of anilines is 1. The zero-order valence-corrected chi connectivity index (χ0v) is 11.2. The highest BCUT2D eigenvalue weighted by Crippen LogP contribution is 2.30. The van der Waals surface area contributed by atoms with Gasteiger partial charge < -0.3 is 18.9 Å². The Morgan fingerprint density at radius 1 is 1.42 bits per heavy atom. The van der Waals surface area contributed by atoms with E-state index in [-0.39, 0.29) is 5.56 Å². The Kier molecular flexibility index (Phi) is 3.28. The monoisotopic (exact) mass is 265 g/mol. The van der Waals surface area contributed by atoms with Crippen LogP contribution in [-0.2, 0) is 16.0 Å². The van der Waals surface area contributed by atoms with Gasteiger partial charge in [0.25, 0.3) is 5.56 Å². The number of piperidine rings is 1. The van der Waals surface area contributed by atoms with Crippen LogP contribution in [0.25, 0.3) is 0 Å². The van der Waals surface area contributed by atoms with Crippen molar-refractivity contribution in [1.29, 1.82) is 0 Å². The third-order valence-electron chi connectivity index (χ3n) is 3.77. The van der Waals surface area contributed by atoms with E-state index in [1.165, 1.54) is 0 Å². The molecule has 1 aromatic rings. The van der Waals surface area contributed by atoms with Gasteiger partial charge in [0.15, 0.2) is 11.6 Å². The number of ether oxygens (including phenoxy) is 2. The minimum absolute atomic E-state index is 0.0416. The molecule has 0 aromatic carbocycles. The predicted octanol–water partition coefficient (Wildman–Crippen LogP) is 0.607. The first-order valence-corrected chi connectivity index (χ1v) is 6.82. The molecule has 0 saturated carbocycles. The zero-order chi connectivity index (χ0) is 13.3. The highest BCUT2D eigenvalue weighted by molar-refractivity contribution is 5.37. The van der Waals surface area contributed by atoms with Crippen molar-refractivity contribution in [3.8, 4) is 0 Å². The normalized spacial score (nSPS) is 22.1. The van der Waals surface area contributed by atoms with Crippen LogP contribution in [0.5, 0.6) is 0 Å². The maximum Gasteiger partial charge on any atom is 0.293 e. The SMILES string of the molecule is CCn1ccnc(N2CCCC3(C2)OCCO3)c1=O. The summed E-state index contributed by atoms with van der Waals surface area (Å²) in [6.07, 6.45) is 5.23. The van der Waals surface area contributed by atoms with Crippen LogP contribution in [0, 0.1) is 0 Å². The lowest BCUT2D eigenvalue weighted by Crippen LogP contribution is -2.51. The molecule has 0 amide bonds. The van der Waals surface area contributed by atoms with Crippen molar-refractivity contribution in [3.05, 3.63) is 22.7 Å². The van der Waals surface area contributed by atoms with Gasteiger partial charge in [0.1, 0.15) is 0 Å². The van der Waals surface area contributed by atoms with E-state index in [0.29, 0.717) is 32.1 Å². The summed E-state index contributed by atoms with van der Waals surface area (Å²) in [6.45, 7) is 5.28. The van der Waals surface area contributed by atoms with Gasteiger partial charge in [-0.2, -0.15) is 0 Å². The molecule has 19 heavy (non-hydrogen) atoms. The van der Waals surface area contributed by atoms with Gasteiger partial charge in [0, 0.05) is 31.9 Å². The van der Waals surface area contributed by atoms with E-state index in [1.54, 1.807) is 17.0 Å². The van der Waals surface area contributed by atoms with E-state index in [0.717, 1.165) is 19.4 Å². The molecule has 0 N–H and O–H groups in total. The fourth-order valence-electron chi connectivity index (χ4n) is 2.80. The van der Waals surface area contributed by atoms with Crippen molar-refractivity contribution in [1.82, 2.24) is 9.55 Å². The third-order valence-corrected chi connectivity index (χ3v) is 3.77. The molecule has 104 valence electrons. The molecule has 6 heteroatoms. The van der Waals surface area contributed by atoms with E-state index in [4.69, 9.17) is 9.47 Å². The van der Waals surface area contributed by atoms with Gasteiger partial charge >= 0.3 is 0 Å². The van der Waals surface area contributed by atoms with E-state index >= 15 is 0 Å². The summed E-state index contributed by atoms with van der Waals surface area (Å²) in [6, 6.07) is 0. The molecule has 2 fully saturated rings. The minimum Gasteiger partial charge on any atom is -0.347 e. The minimum atomic E-state index is -0.529. The molecule has 6 nitrogen and oxygen atoms in total. The Labute approximate surface area is 112 Å². The summed E-state index contributed by atoms with van der Waals surface area (Å²) < 4.78 is 13.1. The molecular formula is C13H19N3O3. The molecule has 2 saturated heterocycles.